The summed E-state index contributed by atoms with van der Waals surface area (Å²) in [6.07, 6.45) is 4.03. The highest BCUT2D eigenvalue weighted by Gasteiger charge is 2.54. The molecule has 0 saturated carbocycles. The largest absolute Gasteiger partial charge is 0.477 e. The molecule has 0 aliphatic carbocycles. The lowest BCUT2D eigenvalue weighted by molar-refractivity contribution is -0.150. The first kappa shape index (κ1) is 23.0. The van der Waals surface area contributed by atoms with E-state index >= 15 is 0 Å². The summed E-state index contributed by atoms with van der Waals surface area (Å²) < 4.78 is 0. The summed E-state index contributed by atoms with van der Waals surface area (Å²) in [4.78, 5) is 40.9. The van der Waals surface area contributed by atoms with Crippen molar-refractivity contribution in [1.82, 2.24) is 10.2 Å². The maximum atomic E-state index is 13.0. The number of carboxylic acid groups (broad SMARTS) is 1. The smallest absolute Gasteiger partial charge is 0.353 e. The van der Waals surface area contributed by atoms with Crippen molar-refractivity contribution in [1.29, 1.82) is 5.26 Å². The number of nitrogens with zero attached hydrogens (tertiary/aromatic N) is 2. The van der Waals surface area contributed by atoms with Crippen molar-refractivity contribution >= 4 is 45.3 Å². The molecule has 9 heteroatoms. The molecule has 2 amide bonds. The molecule has 5 rings (SSSR count). The Balaban J connectivity index is 1.36. The molecule has 0 bridgehead atoms. The minimum atomic E-state index is -1.14. The fraction of sp³-hybridized carbons (Fsp3) is 0.154. The molecule has 2 N–H and O–H groups in total. The van der Waals surface area contributed by atoms with Crippen molar-refractivity contribution < 1.29 is 19.5 Å². The molecule has 1 fully saturated rings. The summed E-state index contributed by atoms with van der Waals surface area (Å²) in [5.41, 5.74) is 2.34. The molecule has 2 aromatic rings. The molecule has 7 nitrogen and oxygen atoms in total. The molecule has 3 heterocycles. The number of carbonyl (C=O) groups excluding carboxylic acids is 2. The van der Waals surface area contributed by atoms with Crippen molar-refractivity contribution in [3.63, 3.8) is 0 Å². The van der Waals surface area contributed by atoms with Gasteiger partial charge in [-0.3, -0.25) is 14.5 Å². The standard InChI is InChI=1S/C26H21N3O4S2/c27-14-17-8-10-18(11-9-17)19-7-4-12-35(19)20-15-34-25-22(24(31)29(25)23(20)26(32)33)28-21(30)13-16-5-2-1-3-6-16/h1-12,22,25,35H,13,15H2,(H,28,30)(H,32,33). The maximum Gasteiger partial charge on any atom is 0.353 e. The van der Waals surface area contributed by atoms with Gasteiger partial charge in [-0.1, -0.05) is 48.5 Å². The van der Waals surface area contributed by atoms with E-state index in [4.69, 9.17) is 5.26 Å². The third kappa shape index (κ3) is 4.27. The first-order valence-corrected chi connectivity index (χ1v) is 13.4. The van der Waals surface area contributed by atoms with Gasteiger partial charge in [0.05, 0.1) is 18.1 Å². The average Bonchev–Trinajstić information content (AvgIpc) is 3.36. The van der Waals surface area contributed by atoms with Crippen LogP contribution >= 0.6 is 22.7 Å². The molecule has 2 aromatic carbocycles. The lowest BCUT2D eigenvalue weighted by Crippen LogP contribution is -2.70. The van der Waals surface area contributed by atoms with E-state index in [2.05, 4.69) is 11.4 Å². The minimum Gasteiger partial charge on any atom is -0.477 e. The van der Waals surface area contributed by atoms with Crippen LogP contribution in [-0.4, -0.2) is 45.0 Å². The number of benzene rings is 2. The zero-order valence-corrected chi connectivity index (χ0v) is 20.1. The molecule has 35 heavy (non-hydrogen) atoms. The van der Waals surface area contributed by atoms with Gasteiger partial charge in [0.2, 0.25) is 5.91 Å². The van der Waals surface area contributed by atoms with Crippen molar-refractivity contribution in [3.8, 4) is 6.07 Å². The molecule has 1 saturated heterocycles. The Morgan fingerprint density at radius 1 is 1.17 bits per heavy atom. The highest BCUT2D eigenvalue weighted by atomic mass is 32.2. The summed E-state index contributed by atoms with van der Waals surface area (Å²) in [6.45, 7) is 0. The maximum absolute atomic E-state index is 13.0. The lowest BCUT2D eigenvalue weighted by atomic mass is 10.0. The molecule has 0 aromatic heterocycles. The van der Waals surface area contributed by atoms with Crippen LogP contribution in [0.1, 0.15) is 16.7 Å². The normalized spacial score (nSPS) is 23.7. The first-order chi connectivity index (χ1) is 17.0. The molecular formula is C26H21N3O4S2. The van der Waals surface area contributed by atoms with Gasteiger partial charge in [-0.25, -0.2) is 4.79 Å². The monoisotopic (exact) mass is 503 g/mol. The van der Waals surface area contributed by atoms with Crippen molar-refractivity contribution in [2.24, 2.45) is 0 Å². The van der Waals surface area contributed by atoms with Gasteiger partial charge in [0, 0.05) is 15.6 Å². The number of nitriles is 1. The lowest BCUT2D eigenvalue weighted by Gasteiger charge is -2.50. The number of carbonyl (C=O) groups is 3. The van der Waals surface area contributed by atoms with E-state index in [1.807, 2.05) is 60.0 Å². The van der Waals surface area contributed by atoms with E-state index in [1.54, 1.807) is 12.1 Å². The number of aliphatic carboxylic acids is 1. The van der Waals surface area contributed by atoms with Crippen molar-refractivity contribution in [2.45, 2.75) is 17.8 Å². The number of fused-ring (bicyclic) bond motifs is 1. The number of hydrogen-bond donors (Lipinski definition) is 3. The molecule has 3 aliphatic heterocycles. The Morgan fingerprint density at radius 2 is 1.91 bits per heavy atom. The zero-order valence-electron chi connectivity index (χ0n) is 18.4. The molecule has 3 aliphatic rings. The van der Waals surface area contributed by atoms with Gasteiger partial charge >= 0.3 is 5.97 Å². The van der Waals surface area contributed by atoms with Crippen LogP contribution in [-0.2, 0) is 20.8 Å². The Kier molecular flexibility index (Phi) is 6.24. The van der Waals surface area contributed by atoms with Crippen LogP contribution in [0.15, 0.2) is 82.8 Å². The topological polar surface area (TPSA) is 110 Å². The van der Waals surface area contributed by atoms with Crippen LogP contribution in [0.25, 0.3) is 4.91 Å². The number of β-lactam (4-membered cyclic amide) rings is 1. The summed E-state index contributed by atoms with van der Waals surface area (Å²) in [7, 11) is -1.09. The summed E-state index contributed by atoms with van der Waals surface area (Å²) in [6, 6.07) is 17.8. The Hall–Kier alpha value is -3.74. The molecule has 0 radical (unpaired) electrons. The number of rotatable bonds is 6. The van der Waals surface area contributed by atoms with E-state index in [1.165, 1.54) is 16.7 Å². The Morgan fingerprint density at radius 3 is 2.60 bits per heavy atom. The third-order valence-electron chi connectivity index (χ3n) is 6.02. The molecule has 3 unspecified atom stereocenters. The highest BCUT2D eigenvalue weighted by Crippen LogP contribution is 2.58. The number of amides is 2. The number of allylic oxidation sites excluding steroid dienone is 2. The van der Waals surface area contributed by atoms with E-state index in [9.17, 15) is 19.5 Å². The number of nitrogens with one attached hydrogen (secondary N) is 1. The highest BCUT2D eigenvalue weighted by molar-refractivity contribution is 8.31. The van der Waals surface area contributed by atoms with Gasteiger partial charge in [0.1, 0.15) is 17.1 Å². The summed E-state index contributed by atoms with van der Waals surface area (Å²) in [5.74, 6) is -1.36. The number of carboxylic acids is 1. The quantitative estimate of drug-likeness (QED) is 0.412. The first-order valence-electron chi connectivity index (χ1n) is 10.9. The van der Waals surface area contributed by atoms with Crippen LogP contribution in [0.4, 0.5) is 0 Å². The van der Waals surface area contributed by atoms with Crippen molar-refractivity contribution in [3.05, 3.63) is 99.4 Å². The second-order valence-corrected chi connectivity index (χ2v) is 11.3. The van der Waals surface area contributed by atoms with Crippen LogP contribution < -0.4 is 5.32 Å². The minimum absolute atomic E-state index is 0.0181. The van der Waals surface area contributed by atoms with Crippen molar-refractivity contribution in [2.75, 3.05) is 5.75 Å². The van der Waals surface area contributed by atoms with Gasteiger partial charge in [0.15, 0.2) is 0 Å². The van der Waals surface area contributed by atoms with Gasteiger partial charge in [-0.05, 0) is 34.7 Å². The predicted molar refractivity (Wildman–Crippen MR) is 137 cm³/mol. The van der Waals surface area contributed by atoms with E-state index < -0.39 is 34.2 Å². The van der Waals surface area contributed by atoms with Gasteiger partial charge in [-0.15, -0.1) is 11.8 Å². The zero-order chi connectivity index (χ0) is 24.5. The van der Waals surface area contributed by atoms with Crippen LogP contribution in [0.5, 0.6) is 0 Å². The van der Waals surface area contributed by atoms with E-state index in [-0.39, 0.29) is 18.0 Å². The number of thioether (sulfide) groups is 1. The van der Waals surface area contributed by atoms with Gasteiger partial charge < -0.3 is 10.4 Å². The van der Waals surface area contributed by atoms with E-state index in [0.29, 0.717) is 16.2 Å². The molecule has 0 spiro atoms. The SMILES string of the molecule is N#Cc1ccc(C2=CC=C[SH]2C2=C(C(=O)O)N3C(=O)C(NC(=O)Cc4ccccc4)C3SC2)cc1. The average molecular weight is 504 g/mol. The third-order valence-corrected chi connectivity index (χ3v) is 9.87. The summed E-state index contributed by atoms with van der Waals surface area (Å²) >= 11 is 1.47. The molecule has 3 atom stereocenters. The van der Waals surface area contributed by atoms with Gasteiger partial charge in [-0.2, -0.15) is 16.2 Å². The Labute approximate surface area is 209 Å². The predicted octanol–water partition coefficient (Wildman–Crippen LogP) is 3.37. The second kappa shape index (κ2) is 9.49. The Bertz CT molecular complexity index is 1340. The number of hydrogen-bond acceptors (Lipinski definition) is 5. The van der Waals surface area contributed by atoms with E-state index in [0.717, 1.165) is 16.0 Å². The fourth-order valence-corrected chi connectivity index (χ4v) is 8.34. The van der Waals surface area contributed by atoms with Crippen LogP contribution in [0, 0.1) is 11.3 Å². The molecule has 176 valence electrons. The summed E-state index contributed by atoms with van der Waals surface area (Å²) in [5, 5.41) is 23.5. The van der Waals surface area contributed by atoms with Crippen LogP contribution in [0.2, 0.25) is 0 Å². The van der Waals surface area contributed by atoms with Crippen LogP contribution in [0.3, 0.4) is 0 Å². The fourth-order valence-electron chi connectivity index (χ4n) is 4.36. The second-order valence-electron chi connectivity index (χ2n) is 8.17. The molecular weight excluding hydrogens is 482 g/mol. The number of thiol groups is 1. The van der Waals surface area contributed by atoms with Gasteiger partial charge in [0.25, 0.3) is 5.91 Å².